The van der Waals surface area contributed by atoms with E-state index in [4.69, 9.17) is 15.6 Å². The summed E-state index contributed by atoms with van der Waals surface area (Å²) in [4.78, 5) is 33.4. The lowest BCUT2D eigenvalue weighted by molar-refractivity contribution is -0.139. The van der Waals surface area contributed by atoms with Gasteiger partial charge >= 0.3 is 12.0 Å². The third kappa shape index (κ3) is 6.44. The molecule has 0 radical (unpaired) electrons. The lowest BCUT2D eigenvalue weighted by atomic mass is 9.82. The van der Waals surface area contributed by atoms with Crippen molar-refractivity contribution in [2.24, 2.45) is 11.1 Å². The summed E-state index contributed by atoms with van der Waals surface area (Å²) < 4.78 is 5.27. The minimum absolute atomic E-state index is 0.0246. The molecule has 0 aromatic heterocycles. The van der Waals surface area contributed by atoms with Gasteiger partial charge in [-0.1, -0.05) is 6.92 Å². The van der Waals surface area contributed by atoms with Crippen molar-refractivity contribution in [1.29, 1.82) is 0 Å². The molecule has 3 amide bonds. The van der Waals surface area contributed by atoms with Crippen LogP contribution in [-0.4, -0.2) is 48.8 Å². The molecular weight excluding hydrogens is 278 g/mol. The maximum absolute atomic E-state index is 11.8. The number of nitrogens with one attached hydrogen (secondary N) is 2. The average Bonchev–Trinajstić information content (AvgIpc) is 2.41. The minimum Gasteiger partial charge on any atom is -0.480 e. The fourth-order valence-electron chi connectivity index (χ4n) is 2.09. The van der Waals surface area contributed by atoms with Gasteiger partial charge in [-0.05, 0) is 24.7 Å². The van der Waals surface area contributed by atoms with E-state index in [0.29, 0.717) is 19.8 Å². The second kappa shape index (κ2) is 7.82. The van der Waals surface area contributed by atoms with Crippen LogP contribution in [0.25, 0.3) is 0 Å². The Kier molecular flexibility index (Phi) is 6.41. The molecule has 1 rings (SSSR count). The van der Waals surface area contributed by atoms with E-state index in [1.807, 2.05) is 0 Å². The van der Waals surface area contributed by atoms with Crippen molar-refractivity contribution in [1.82, 2.24) is 10.6 Å². The van der Waals surface area contributed by atoms with Gasteiger partial charge < -0.3 is 26.2 Å². The number of aliphatic carboxylic acids is 1. The Balaban J connectivity index is 2.39. The number of hydrogen-bond acceptors (Lipinski definition) is 4. The highest BCUT2D eigenvalue weighted by molar-refractivity contribution is 5.83. The first-order valence-corrected chi connectivity index (χ1v) is 6.96. The molecule has 21 heavy (non-hydrogen) atoms. The van der Waals surface area contributed by atoms with Crippen molar-refractivity contribution < 1.29 is 24.2 Å². The smallest absolute Gasteiger partial charge is 0.326 e. The van der Waals surface area contributed by atoms with Gasteiger partial charge in [0.2, 0.25) is 5.91 Å². The minimum atomic E-state index is -1.19. The normalized spacial score (nSPS) is 18.5. The van der Waals surface area contributed by atoms with Gasteiger partial charge in [0, 0.05) is 26.2 Å². The Morgan fingerprint density at radius 3 is 2.48 bits per heavy atom. The van der Waals surface area contributed by atoms with E-state index in [-0.39, 0.29) is 18.3 Å². The summed E-state index contributed by atoms with van der Waals surface area (Å²) in [6.07, 6.45) is 1.57. The van der Waals surface area contributed by atoms with E-state index in [1.54, 1.807) is 0 Å². The SMILES string of the molecule is CC1(CNC(=O)N[C@H](CCC(N)=O)C(=O)O)CCOCC1. The highest BCUT2D eigenvalue weighted by atomic mass is 16.5. The van der Waals surface area contributed by atoms with Crippen LogP contribution in [0.5, 0.6) is 0 Å². The highest BCUT2D eigenvalue weighted by Gasteiger charge is 2.28. The first-order valence-electron chi connectivity index (χ1n) is 6.96. The first-order chi connectivity index (χ1) is 9.82. The van der Waals surface area contributed by atoms with Crippen LogP contribution in [0.4, 0.5) is 4.79 Å². The summed E-state index contributed by atoms with van der Waals surface area (Å²) in [6.45, 7) is 3.83. The summed E-state index contributed by atoms with van der Waals surface area (Å²) in [7, 11) is 0. The van der Waals surface area contributed by atoms with Crippen molar-refractivity contribution in [3.63, 3.8) is 0 Å². The summed E-state index contributed by atoms with van der Waals surface area (Å²) in [6, 6.07) is -1.68. The van der Waals surface area contributed by atoms with Gasteiger partial charge in [-0.25, -0.2) is 9.59 Å². The molecule has 5 N–H and O–H groups in total. The quantitative estimate of drug-likeness (QED) is 0.518. The number of hydrogen-bond donors (Lipinski definition) is 4. The number of urea groups is 1. The number of carboxylic acids is 1. The van der Waals surface area contributed by atoms with E-state index in [1.165, 1.54) is 0 Å². The molecule has 1 aliphatic heterocycles. The maximum atomic E-state index is 11.8. The van der Waals surface area contributed by atoms with E-state index >= 15 is 0 Å². The number of carboxylic acid groups (broad SMARTS) is 1. The third-order valence-corrected chi connectivity index (χ3v) is 3.66. The maximum Gasteiger partial charge on any atom is 0.326 e. The van der Waals surface area contributed by atoms with Crippen LogP contribution in [0, 0.1) is 5.41 Å². The lowest BCUT2D eigenvalue weighted by Crippen LogP contribution is -2.49. The standard InChI is InChI=1S/C13H23N3O5/c1-13(4-6-21-7-5-13)8-15-12(20)16-9(11(18)19)2-3-10(14)17/h9H,2-8H2,1H3,(H2,14,17)(H,18,19)(H2,15,16,20)/t9-/m1/s1. The zero-order valence-electron chi connectivity index (χ0n) is 12.2. The van der Waals surface area contributed by atoms with Gasteiger partial charge in [-0.3, -0.25) is 4.79 Å². The van der Waals surface area contributed by atoms with E-state index in [2.05, 4.69) is 17.6 Å². The van der Waals surface area contributed by atoms with Gasteiger partial charge in [0.25, 0.3) is 0 Å². The van der Waals surface area contributed by atoms with E-state index in [0.717, 1.165) is 12.8 Å². The molecule has 1 saturated heterocycles. The van der Waals surface area contributed by atoms with Crippen molar-refractivity contribution in [2.75, 3.05) is 19.8 Å². The van der Waals surface area contributed by atoms with Crippen molar-refractivity contribution in [3.05, 3.63) is 0 Å². The van der Waals surface area contributed by atoms with Crippen LogP contribution in [0.15, 0.2) is 0 Å². The van der Waals surface area contributed by atoms with Gasteiger partial charge in [-0.15, -0.1) is 0 Å². The largest absolute Gasteiger partial charge is 0.480 e. The second-order valence-corrected chi connectivity index (χ2v) is 5.65. The number of ether oxygens (including phenoxy) is 1. The molecule has 8 heteroatoms. The Morgan fingerprint density at radius 1 is 1.33 bits per heavy atom. The number of amides is 3. The van der Waals surface area contributed by atoms with Crippen LogP contribution >= 0.6 is 0 Å². The number of rotatable bonds is 7. The first kappa shape index (κ1) is 17.2. The molecule has 0 unspecified atom stereocenters. The van der Waals surface area contributed by atoms with Gasteiger partial charge in [0.1, 0.15) is 6.04 Å². The number of nitrogens with two attached hydrogens (primary N) is 1. The van der Waals surface area contributed by atoms with Crippen molar-refractivity contribution in [3.8, 4) is 0 Å². The van der Waals surface area contributed by atoms with E-state index < -0.39 is 23.9 Å². The van der Waals surface area contributed by atoms with Crippen LogP contribution < -0.4 is 16.4 Å². The summed E-state index contributed by atoms with van der Waals surface area (Å²) >= 11 is 0. The molecule has 0 aromatic rings. The molecule has 8 nitrogen and oxygen atoms in total. The Hall–Kier alpha value is -1.83. The summed E-state index contributed by atoms with van der Waals surface area (Å²) in [5, 5.41) is 14.0. The molecule has 0 aliphatic carbocycles. The Morgan fingerprint density at radius 2 is 1.95 bits per heavy atom. The van der Waals surface area contributed by atoms with Crippen molar-refractivity contribution in [2.45, 2.75) is 38.6 Å². The number of primary amides is 1. The van der Waals surface area contributed by atoms with Gasteiger partial charge in [-0.2, -0.15) is 0 Å². The van der Waals surface area contributed by atoms with Crippen LogP contribution in [0.2, 0.25) is 0 Å². The lowest BCUT2D eigenvalue weighted by Gasteiger charge is -2.33. The fraction of sp³-hybridized carbons (Fsp3) is 0.769. The van der Waals surface area contributed by atoms with Crippen LogP contribution in [0.3, 0.4) is 0 Å². The predicted molar refractivity (Wildman–Crippen MR) is 74.5 cm³/mol. The molecule has 1 atom stereocenters. The second-order valence-electron chi connectivity index (χ2n) is 5.65. The van der Waals surface area contributed by atoms with Gasteiger partial charge in [0.15, 0.2) is 0 Å². The van der Waals surface area contributed by atoms with Crippen LogP contribution in [-0.2, 0) is 14.3 Å². The molecule has 0 aromatic carbocycles. The Bertz CT molecular complexity index is 393. The molecule has 1 aliphatic rings. The van der Waals surface area contributed by atoms with Crippen molar-refractivity contribution >= 4 is 17.9 Å². The molecule has 0 saturated carbocycles. The molecule has 1 fully saturated rings. The monoisotopic (exact) mass is 301 g/mol. The van der Waals surface area contributed by atoms with Crippen LogP contribution in [0.1, 0.15) is 32.6 Å². The molecular formula is C13H23N3O5. The summed E-state index contributed by atoms with van der Waals surface area (Å²) in [5.74, 6) is -1.79. The predicted octanol–water partition coefficient (Wildman–Crippen LogP) is -0.179. The molecule has 1 heterocycles. The van der Waals surface area contributed by atoms with Gasteiger partial charge in [0.05, 0.1) is 0 Å². The number of carbonyl (C=O) groups is 3. The number of carbonyl (C=O) groups excluding carboxylic acids is 2. The zero-order valence-corrected chi connectivity index (χ0v) is 12.2. The van der Waals surface area contributed by atoms with E-state index in [9.17, 15) is 14.4 Å². The molecule has 0 spiro atoms. The average molecular weight is 301 g/mol. The summed E-state index contributed by atoms with van der Waals surface area (Å²) in [5.41, 5.74) is 4.93. The Labute approximate surface area is 123 Å². The molecule has 120 valence electrons. The fourth-order valence-corrected chi connectivity index (χ4v) is 2.09. The third-order valence-electron chi connectivity index (χ3n) is 3.66. The molecule has 0 bridgehead atoms. The zero-order chi connectivity index (χ0) is 15.9. The highest BCUT2D eigenvalue weighted by Crippen LogP contribution is 2.28. The topological polar surface area (TPSA) is 131 Å².